The number of aromatic nitrogens is 2. The van der Waals surface area contributed by atoms with Crippen molar-refractivity contribution in [1.29, 1.82) is 0 Å². The first-order chi connectivity index (χ1) is 5.04. The highest BCUT2D eigenvalue weighted by atomic mass is 16.1. The lowest BCUT2D eigenvalue weighted by Crippen LogP contribution is -2.14. The molecule has 4 nitrogen and oxygen atoms in total. The van der Waals surface area contributed by atoms with E-state index in [1.165, 1.54) is 4.68 Å². The molecule has 1 aromatic rings. The number of hydrogen-bond donors (Lipinski definition) is 2. The number of anilines is 1. The maximum absolute atomic E-state index is 11.1. The van der Waals surface area contributed by atoms with Gasteiger partial charge < -0.3 is 5.73 Å². The van der Waals surface area contributed by atoms with Gasteiger partial charge in [-0.25, -0.2) is 0 Å². The van der Waals surface area contributed by atoms with Crippen LogP contribution in [-0.2, 0) is 7.05 Å². The molecule has 0 unspecified atom stereocenters. The van der Waals surface area contributed by atoms with Crippen LogP contribution in [-0.4, -0.2) is 9.78 Å². The summed E-state index contributed by atoms with van der Waals surface area (Å²) in [6.07, 6.45) is 0. The number of nitrogens with zero attached hydrogens (tertiary/aromatic N) is 1. The molecule has 0 bridgehead atoms. The van der Waals surface area contributed by atoms with E-state index < -0.39 is 0 Å². The third-order valence-electron chi connectivity index (χ3n) is 1.69. The van der Waals surface area contributed by atoms with Crippen molar-refractivity contribution in [2.45, 2.75) is 19.8 Å². The number of hydrogen-bond acceptors (Lipinski definition) is 2. The lowest BCUT2D eigenvalue weighted by molar-refractivity contribution is 0.697. The van der Waals surface area contributed by atoms with Gasteiger partial charge in [0, 0.05) is 7.05 Å². The highest BCUT2D eigenvalue weighted by Gasteiger charge is 2.10. The Morgan fingerprint density at radius 1 is 1.55 bits per heavy atom. The first-order valence-corrected chi connectivity index (χ1v) is 3.58. The van der Waals surface area contributed by atoms with Gasteiger partial charge in [0.1, 0.15) is 5.69 Å². The van der Waals surface area contributed by atoms with Gasteiger partial charge in [-0.05, 0) is 5.92 Å². The molecule has 3 N–H and O–H groups in total. The van der Waals surface area contributed by atoms with E-state index in [0.717, 1.165) is 5.69 Å². The van der Waals surface area contributed by atoms with Crippen molar-refractivity contribution in [2.24, 2.45) is 7.05 Å². The smallest absolute Gasteiger partial charge is 0.289 e. The van der Waals surface area contributed by atoms with E-state index in [4.69, 9.17) is 5.73 Å². The predicted octanol–water partition coefficient (Wildman–Crippen LogP) is 0.419. The molecular formula is C7H13N3O. The van der Waals surface area contributed by atoms with E-state index in [1.54, 1.807) is 7.05 Å². The fourth-order valence-electron chi connectivity index (χ4n) is 1.03. The highest BCUT2D eigenvalue weighted by Crippen LogP contribution is 2.14. The Morgan fingerprint density at radius 2 is 2.09 bits per heavy atom. The number of nitrogen functional groups attached to an aromatic ring is 1. The van der Waals surface area contributed by atoms with Gasteiger partial charge in [-0.1, -0.05) is 13.8 Å². The Morgan fingerprint density at radius 3 is 2.27 bits per heavy atom. The van der Waals surface area contributed by atoms with Gasteiger partial charge >= 0.3 is 0 Å². The van der Waals surface area contributed by atoms with E-state index in [-0.39, 0.29) is 11.5 Å². The number of aryl methyl sites for hydroxylation is 1. The molecule has 0 radical (unpaired) electrons. The van der Waals surface area contributed by atoms with Gasteiger partial charge in [-0.3, -0.25) is 14.6 Å². The van der Waals surface area contributed by atoms with Crippen molar-refractivity contribution in [1.82, 2.24) is 9.78 Å². The zero-order chi connectivity index (χ0) is 8.59. The minimum absolute atomic E-state index is 0.145. The normalized spacial score (nSPS) is 10.9. The van der Waals surface area contributed by atoms with Crippen LogP contribution < -0.4 is 11.3 Å². The Labute approximate surface area is 65.0 Å². The molecule has 0 aliphatic rings. The summed E-state index contributed by atoms with van der Waals surface area (Å²) in [5, 5.41) is 2.89. The average Bonchev–Trinajstić information content (AvgIpc) is 2.17. The summed E-state index contributed by atoms with van der Waals surface area (Å²) in [5.41, 5.74) is 6.55. The van der Waals surface area contributed by atoms with Crippen LogP contribution >= 0.6 is 0 Å². The molecule has 11 heavy (non-hydrogen) atoms. The molecule has 0 fully saturated rings. The molecule has 0 aliphatic heterocycles. The van der Waals surface area contributed by atoms with Crippen LogP contribution in [0.1, 0.15) is 25.5 Å². The van der Waals surface area contributed by atoms with E-state index in [2.05, 4.69) is 5.10 Å². The highest BCUT2D eigenvalue weighted by molar-refractivity contribution is 5.42. The molecular weight excluding hydrogens is 142 g/mol. The summed E-state index contributed by atoms with van der Waals surface area (Å²) in [6, 6.07) is 0. The third kappa shape index (κ3) is 1.15. The van der Waals surface area contributed by atoms with Crippen LogP contribution in [0.5, 0.6) is 0 Å². The standard InChI is InChI=1S/C7H13N3O/c1-4(2)6-5(8)7(11)10(3)9-6/h4,9H,8H2,1-3H3. The molecule has 4 heteroatoms. The summed E-state index contributed by atoms with van der Waals surface area (Å²) in [5.74, 6) is 0.267. The number of nitrogens with two attached hydrogens (primary N) is 1. The van der Waals surface area contributed by atoms with Crippen molar-refractivity contribution in [3.05, 3.63) is 16.0 Å². The van der Waals surface area contributed by atoms with Crippen LogP contribution in [0.25, 0.3) is 0 Å². The lowest BCUT2D eigenvalue weighted by Gasteiger charge is -2.00. The number of aromatic amines is 1. The van der Waals surface area contributed by atoms with Crippen LogP contribution in [0, 0.1) is 0 Å². The van der Waals surface area contributed by atoms with E-state index in [0.29, 0.717) is 5.69 Å². The quantitative estimate of drug-likeness (QED) is 0.617. The molecule has 0 aromatic carbocycles. The van der Waals surface area contributed by atoms with E-state index in [1.807, 2.05) is 13.8 Å². The molecule has 62 valence electrons. The lowest BCUT2D eigenvalue weighted by atomic mass is 10.1. The molecule has 1 heterocycles. The first kappa shape index (κ1) is 7.91. The van der Waals surface area contributed by atoms with Gasteiger partial charge in [0.25, 0.3) is 5.56 Å². The van der Waals surface area contributed by atoms with Crippen LogP contribution in [0.2, 0.25) is 0 Å². The van der Waals surface area contributed by atoms with E-state index in [9.17, 15) is 4.79 Å². The Balaban J connectivity index is 3.30. The number of rotatable bonds is 1. The van der Waals surface area contributed by atoms with Crippen molar-refractivity contribution in [3.63, 3.8) is 0 Å². The summed E-state index contributed by atoms with van der Waals surface area (Å²) < 4.78 is 1.39. The Bertz CT molecular complexity index is 308. The molecule has 1 aromatic heterocycles. The fraction of sp³-hybridized carbons (Fsp3) is 0.571. The predicted molar refractivity (Wildman–Crippen MR) is 44.5 cm³/mol. The summed E-state index contributed by atoms with van der Waals surface area (Å²) in [4.78, 5) is 11.1. The maximum atomic E-state index is 11.1. The van der Waals surface area contributed by atoms with Gasteiger partial charge in [-0.2, -0.15) is 0 Å². The second-order valence-corrected chi connectivity index (χ2v) is 2.96. The molecule has 1 rings (SSSR count). The van der Waals surface area contributed by atoms with Crippen LogP contribution in [0.4, 0.5) is 5.69 Å². The van der Waals surface area contributed by atoms with Crippen molar-refractivity contribution in [2.75, 3.05) is 5.73 Å². The minimum Gasteiger partial charge on any atom is -0.393 e. The molecule has 0 amide bonds. The molecule has 0 saturated heterocycles. The van der Waals surface area contributed by atoms with Crippen LogP contribution in [0.15, 0.2) is 4.79 Å². The molecule has 0 aliphatic carbocycles. The summed E-state index contributed by atoms with van der Waals surface area (Å²) in [7, 11) is 1.66. The summed E-state index contributed by atoms with van der Waals surface area (Å²) in [6.45, 7) is 3.98. The molecule has 0 atom stereocenters. The van der Waals surface area contributed by atoms with Gasteiger partial charge in [0.2, 0.25) is 0 Å². The minimum atomic E-state index is -0.145. The topological polar surface area (TPSA) is 63.8 Å². The maximum Gasteiger partial charge on any atom is 0.289 e. The second-order valence-electron chi connectivity index (χ2n) is 2.96. The molecule has 0 saturated carbocycles. The van der Waals surface area contributed by atoms with Gasteiger partial charge in [0.15, 0.2) is 0 Å². The van der Waals surface area contributed by atoms with Crippen molar-refractivity contribution >= 4 is 5.69 Å². The summed E-state index contributed by atoms with van der Waals surface area (Å²) >= 11 is 0. The average molecular weight is 155 g/mol. The van der Waals surface area contributed by atoms with Crippen LogP contribution in [0.3, 0.4) is 0 Å². The number of H-pyrrole nitrogens is 1. The van der Waals surface area contributed by atoms with E-state index >= 15 is 0 Å². The largest absolute Gasteiger partial charge is 0.393 e. The Kier molecular flexibility index (Phi) is 1.76. The number of nitrogens with one attached hydrogen (secondary N) is 1. The fourth-order valence-corrected chi connectivity index (χ4v) is 1.03. The monoisotopic (exact) mass is 155 g/mol. The zero-order valence-corrected chi connectivity index (χ0v) is 7.01. The third-order valence-corrected chi connectivity index (χ3v) is 1.69. The van der Waals surface area contributed by atoms with Crippen molar-refractivity contribution in [3.8, 4) is 0 Å². The second kappa shape index (κ2) is 2.45. The SMILES string of the molecule is CC(C)c1[nH]n(C)c(=O)c1N. The van der Waals surface area contributed by atoms with Crippen molar-refractivity contribution < 1.29 is 0 Å². The van der Waals surface area contributed by atoms with Gasteiger partial charge in [-0.15, -0.1) is 0 Å². The Hall–Kier alpha value is -1.19. The first-order valence-electron chi connectivity index (χ1n) is 3.58. The van der Waals surface area contributed by atoms with Gasteiger partial charge in [0.05, 0.1) is 5.69 Å². The molecule has 0 spiro atoms. The zero-order valence-electron chi connectivity index (χ0n) is 7.01.